The molecular weight excluding hydrogens is 306 g/mol. The van der Waals surface area contributed by atoms with Crippen molar-refractivity contribution in [2.24, 2.45) is 0 Å². The number of hydrogen-bond acceptors (Lipinski definition) is 4. The van der Waals surface area contributed by atoms with E-state index in [0.717, 1.165) is 23.5 Å². The number of hydrogen-bond donors (Lipinski definition) is 1. The van der Waals surface area contributed by atoms with Crippen LogP contribution < -0.4 is 14.8 Å². The van der Waals surface area contributed by atoms with Gasteiger partial charge >= 0.3 is 0 Å². The normalized spacial score (nSPS) is 15.6. The van der Waals surface area contributed by atoms with Gasteiger partial charge in [-0.2, -0.15) is 0 Å². The summed E-state index contributed by atoms with van der Waals surface area (Å²) in [5.41, 5.74) is 1.02. The summed E-state index contributed by atoms with van der Waals surface area (Å²) in [6.45, 7) is 3.45. The van der Waals surface area contributed by atoms with Gasteiger partial charge < -0.3 is 14.8 Å². The first-order valence-electron chi connectivity index (χ1n) is 7.01. The number of thiophene rings is 1. The molecule has 1 N–H and O–H groups in total. The molecule has 1 aromatic heterocycles. The summed E-state index contributed by atoms with van der Waals surface area (Å²) < 4.78 is 11.5. The highest BCUT2D eigenvalue weighted by Crippen LogP contribution is 2.40. The van der Waals surface area contributed by atoms with Gasteiger partial charge in [-0.25, -0.2) is 0 Å². The van der Waals surface area contributed by atoms with Crippen molar-refractivity contribution >= 4 is 22.9 Å². The number of rotatable bonds is 3. The fourth-order valence-electron chi connectivity index (χ4n) is 2.48. The second-order valence-corrected chi connectivity index (χ2v) is 6.77. The van der Waals surface area contributed by atoms with E-state index >= 15 is 0 Å². The molecule has 2 aromatic rings. The maximum atomic E-state index is 6.47. The highest BCUT2D eigenvalue weighted by Gasteiger charge is 2.21. The average molecular weight is 324 g/mol. The fraction of sp³-hybridized carbons (Fsp3) is 0.375. The van der Waals surface area contributed by atoms with E-state index in [9.17, 15) is 0 Å². The van der Waals surface area contributed by atoms with Crippen molar-refractivity contribution in [1.29, 1.82) is 0 Å². The monoisotopic (exact) mass is 323 g/mol. The average Bonchev–Trinajstić information content (AvgIpc) is 2.76. The van der Waals surface area contributed by atoms with Crippen LogP contribution in [-0.4, -0.2) is 20.3 Å². The Morgan fingerprint density at radius 2 is 1.90 bits per heavy atom. The summed E-state index contributed by atoms with van der Waals surface area (Å²) >= 11 is 8.25. The number of aryl methyl sites for hydroxylation is 1. The molecule has 0 bridgehead atoms. The number of fused-ring (bicyclic) bond motifs is 1. The smallest absolute Gasteiger partial charge is 0.162 e. The molecule has 1 aliphatic heterocycles. The summed E-state index contributed by atoms with van der Waals surface area (Å²) in [6.07, 6.45) is 0.890. The van der Waals surface area contributed by atoms with Crippen molar-refractivity contribution in [3.63, 3.8) is 0 Å². The van der Waals surface area contributed by atoms with Crippen LogP contribution in [0.3, 0.4) is 0 Å². The second-order valence-electron chi connectivity index (χ2n) is 5.04. The standard InChI is InChI=1S/C16H18ClNO2S/c1-10-4-5-15(21-10)16(18-2)11-8-13-14(9-12(11)17)20-7-3-6-19-13/h4-5,8-9,16,18H,3,6-7H2,1-2H3. The lowest BCUT2D eigenvalue weighted by Crippen LogP contribution is -2.17. The third kappa shape index (κ3) is 3.03. The van der Waals surface area contributed by atoms with Crippen molar-refractivity contribution in [3.05, 3.63) is 44.6 Å². The van der Waals surface area contributed by atoms with Gasteiger partial charge in [0, 0.05) is 27.3 Å². The van der Waals surface area contributed by atoms with Gasteiger partial charge in [0.15, 0.2) is 11.5 Å². The lowest BCUT2D eigenvalue weighted by Gasteiger charge is -2.19. The zero-order chi connectivity index (χ0) is 14.8. The molecule has 0 saturated carbocycles. The lowest BCUT2D eigenvalue weighted by molar-refractivity contribution is 0.297. The fourth-order valence-corrected chi connectivity index (χ4v) is 3.75. The number of ether oxygens (including phenoxy) is 2. The van der Waals surface area contributed by atoms with Crippen LogP contribution in [0.4, 0.5) is 0 Å². The van der Waals surface area contributed by atoms with E-state index in [0.29, 0.717) is 18.2 Å². The third-order valence-electron chi connectivity index (χ3n) is 3.51. The van der Waals surface area contributed by atoms with Gasteiger partial charge in [0.2, 0.25) is 0 Å². The van der Waals surface area contributed by atoms with Gasteiger partial charge in [-0.05, 0) is 37.7 Å². The molecule has 0 radical (unpaired) electrons. The van der Waals surface area contributed by atoms with Crippen LogP contribution >= 0.6 is 22.9 Å². The SMILES string of the molecule is CNC(c1ccc(C)s1)c1cc2c(cc1Cl)OCCCO2. The topological polar surface area (TPSA) is 30.5 Å². The summed E-state index contributed by atoms with van der Waals surface area (Å²) in [5.74, 6) is 1.51. The molecular formula is C16H18ClNO2S. The van der Waals surface area contributed by atoms with Crippen molar-refractivity contribution in [1.82, 2.24) is 5.32 Å². The summed E-state index contributed by atoms with van der Waals surface area (Å²) in [4.78, 5) is 2.53. The molecule has 0 spiro atoms. The lowest BCUT2D eigenvalue weighted by atomic mass is 10.0. The third-order valence-corrected chi connectivity index (χ3v) is 4.91. The van der Waals surface area contributed by atoms with Crippen LogP contribution in [0.5, 0.6) is 11.5 Å². The second kappa shape index (κ2) is 6.26. The molecule has 1 atom stereocenters. The van der Waals surface area contributed by atoms with E-state index in [1.54, 1.807) is 11.3 Å². The Bertz CT molecular complexity index is 641. The first-order chi connectivity index (χ1) is 10.2. The first kappa shape index (κ1) is 14.7. The van der Waals surface area contributed by atoms with Crippen LogP contribution in [-0.2, 0) is 0 Å². The Balaban J connectivity index is 2.02. The van der Waals surface area contributed by atoms with E-state index in [2.05, 4.69) is 24.4 Å². The largest absolute Gasteiger partial charge is 0.490 e. The van der Waals surface area contributed by atoms with Gasteiger partial charge in [0.25, 0.3) is 0 Å². The molecule has 3 nitrogen and oxygen atoms in total. The first-order valence-corrected chi connectivity index (χ1v) is 8.21. The molecule has 2 heterocycles. The van der Waals surface area contributed by atoms with Crippen molar-refractivity contribution in [2.75, 3.05) is 20.3 Å². The highest BCUT2D eigenvalue weighted by molar-refractivity contribution is 7.12. The number of halogens is 1. The van der Waals surface area contributed by atoms with E-state index in [-0.39, 0.29) is 6.04 Å². The molecule has 1 aromatic carbocycles. The summed E-state index contributed by atoms with van der Waals surface area (Å²) in [7, 11) is 1.94. The van der Waals surface area contributed by atoms with Crippen LogP contribution in [0.1, 0.15) is 27.8 Å². The molecule has 3 rings (SSSR count). The van der Waals surface area contributed by atoms with Crippen LogP contribution in [0.2, 0.25) is 5.02 Å². The Morgan fingerprint density at radius 1 is 1.19 bits per heavy atom. The predicted molar refractivity (Wildman–Crippen MR) is 87.0 cm³/mol. The molecule has 1 aliphatic rings. The van der Waals surface area contributed by atoms with E-state index in [1.165, 1.54) is 9.75 Å². The molecule has 1 unspecified atom stereocenters. The molecule has 0 saturated heterocycles. The molecule has 0 aliphatic carbocycles. The minimum Gasteiger partial charge on any atom is -0.490 e. The maximum Gasteiger partial charge on any atom is 0.162 e. The van der Waals surface area contributed by atoms with Crippen molar-refractivity contribution in [2.45, 2.75) is 19.4 Å². The quantitative estimate of drug-likeness (QED) is 0.919. The van der Waals surface area contributed by atoms with Crippen LogP contribution in [0.15, 0.2) is 24.3 Å². The van der Waals surface area contributed by atoms with Crippen LogP contribution in [0.25, 0.3) is 0 Å². The van der Waals surface area contributed by atoms with Gasteiger partial charge in [0.05, 0.1) is 19.3 Å². The zero-order valence-corrected chi connectivity index (χ0v) is 13.7. The van der Waals surface area contributed by atoms with Crippen molar-refractivity contribution in [3.8, 4) is 11.5 Å². The van der Waals surface area contributed by atoms with Crippen molar-refractivity contribution < 1.29 is 9.47 Å². The van der Waals surface area contributed by atoms with Crippen LogP contribution in [0, 0.1) is 6.92 Å². The van der Waals surface area contributed by atoms with Gasteiger partial charge in [0.1, 0.15) is 0 Å². The van der Waals surface area contributed by atoms with Gasteiger partial charge in [-0.3, -0.25) is 0 Å². The van der Waals surface area contributed by atoms with E-state index in [4.69, 9.17) is 21.1 Å². The summed E-state index contributed by atoms with van der Waals surface area (Å²) in [6, 6.07) is 8.19. The zero-order valence-electron chi connectivity index (χ0n) is 12.1. The van der Waals surface area contributed by atoms with Gasteiger partial charge in [-0.1, -0.05) is 11.6 Å². The number of benzene rings is 1. The Kier molecular flexibility index (Phi) is 4.38. The molecule has 5 heteroatoms. The molecule has 0 fully saturated rings. The maximum absolute atomic E-state index is 6.47. The van der Waals surface area contributed by atoms with E-state index in [1.807, 2.05) is 19.2 Å². The minimum absolute atomic E-state index is 0.0633. The minimum atomic E-state index is 0.0633. The highest BCUT2D eigenvalue weighted by atomic mass is 35.5. The Labute approximate surface area is 133 Å². The Morgan fingerprint density at radius 3 is 2.52 bits per heavy atom. The molecule has 0 amide bonds. The molecule has 112 valence electrons. The van der Waals surface area contributed by atoms with E-state index < -0.39 is 0 Å². The summed E-state index contributed by atoms with van der Waals surface area (Å²) in [5, 5.41) is 4.04. The number of nitrogens with one attached hydrogen (secondary N) is 1. The predicted octanol–water partition coefficient (Wildman–Crippen LogP) is 4.18. The Hall–Kier alpha value is -1.23. The molecule has 21 heavy (non-hydrogen) atoms. The van der Waals surface area contributed by atoms with Gasteiger partial charge in [-0.15, -0.1) is 11.3 Å².